The van der Waals surface area contributed by atoms with Crippen molar-refractivity contribution in [2.75, 3.05) is 32.8 Å². The first kappa shape index (κ1) is 12.7. The molecule has 0 aromatic heterocycles. The number of morpholine rings is 1. The van der Waals surface area contributed by atoms with Gasteiger partial charge >= 0.3 is 5.97 Å². The van der Waals surface area contributed by atoms with E-state index in [4.69, 9.17) is 9.84 Å². The summed E-state index contributed by atoms with van der Waals surface area (Å²) < 4.78 is 31.9. The van der Waals surface area contributed by atoms with Gasteiger partial charge in [0, 0.05) is 19.6 Å². The van der Waals surface area contributed by atoms with Crippen LogP contribution in [0.1, 0.15) is 12.8 Å². The molecule has 17 heavy (non-hydrogen) atoms. The Balaban J connectivity index is 2.20. The first-order valence-corrected chi connectivity index (χ1v) is 7.00. The van der Waals surface area contributed by atoms with Gasteiger partial charge in [0.15, 0.2) is 0 Å². The molecule has 0 radical (unpaired) electrons. The summed E-state index contributed by atoms with van der Waals surface area (Å²) in [6, 6.07) is -1.10. The molecule has 8 heteroatoms. The third-order valence-electron chi connectivity index (χ3n) is 3.05. The molecule has 0 aromatic rings. The molecule has 2 aliphatic rings. The van der Waals surface area contributed by atoms with Gasteiger partial charge < -0.3 is 9.84 Å². The summed E-state index contributed by atoms with van der Waals surface area (Å²) in [7, 11) is -3.65. The normalized spacial score (nSPS) is 28.4. The Bertz CT molecular complexity index is 390. The summed E-state index contributed by atoms with van der Waals surface area (Å²) in [5.41, 5.74) is 0. The van der Waals surface area contributed by atoms with Gasteiger partial charge in [-0.2, -0.15) is 17.0 Å². The van der Waals surface area contributed by atoms with E-state index in [9.17, 15) is 13.2 Å². The molecule has 2 heterocycles. The summed E-state index contributed by atoms with van der Waals surface area (Å²) in [4.78, 5) is 11.0. The Hall–Kier alpha value is -0.700. The van der Waals surface area contributed by atoms with Gasteiger partial charge in [-0.05, 0) is 12.8 Å². The smallest absolute Gasteiger partial charge is 0.324 e. The molecular weight excluding hydrogens is 248 g/mol. The highest BCUT2D eigenvalue weighted by Crippen LogP contribution is 2.20. The van der Waals surface area contributed by atoms with Crippen molar-refractivity contribution in [2.24, 2.45) is 0 Å². The molecule has 0 saturated carbocycles. The number of nitrogens with zero attached hydrogens (tertiary/aromatic N) is 2. The summed E-state index contributed by atoms with van der Waals surface area (Å²) in [5, 5.41) is 9.01. The average molecular weight is 264 g/mol. The van der Waals surface area contributed by atoms with Crippen LogP contribution in [0.3, 0.4) is 0 Å². The van der Waals surface area contributed by atoms with E-state index in [-0.39, 0.29) is 19.8 Å². The molecule has 1 N–H and O–H groups in total. The maximum atomic E-state index is 12.2. The third-order valence-corrected chi connectivity index (χ3v) is 5.10. The Morgan fingerprint density at radius 3 is 2.47 bits per heavy atom. The number of carboxylic acid groups (broad SMARTS) is 1. The van der Waals surface area contributed by atoms with Crippen LogP contribution >= 0.6 is 0 Å². The van der Waals surface area contributed by atoms with E-state index in [1.807, 2.05) is 0 Å². The molecule has 2 saturated heterocycles. The number of carbonyl (C=O) groups is 1. The number of aliphatic carboxylic acids is 1. The highest BCUT2D eigenvalue weighted by atomic mass is 32.2. The first-order valence-electron chi connectivity index (χ1n) is 5.61. The van der Waals surface area contributed by atoms with E-state index in [2.05, 4.69) is 0 Å². The molecule has 2 aliphatic heterocycles. The standard InChI is InChI=1S/C9H16N2O5S/c12-9(13)8-7-16-6-5-11(8)17(14,15)10-3-1-2-4-10/h8H,1-7H2,(H,12,13). The monoisotopic (exact) mass is 264 g/mol. The zero-order chi connectivity index (χ0) is 12.5. The molecule has 2 rings (SSSR count). The SMILES string of the molecule is O=C(O)C1COCCN1S(=O)(=O)N1CCCC1. The minimum atomic E-state index is -3.65. The Morgan fingerprint density at radius 1 is 1.24 bits per heavy atom. The summed E-state index contributed by atoms with van der Waals surface area (Å²) in [5.74, 6) is -1.16. The fourth-order valence-electron chi connectivity index (χ4n) is 2.13. The number of hydrogen-bond donors (Lipinski definition) is 1. The van der Waals surface area contributed by atoms with Crippen LogP contribution in [-0.2, 0) is 19.7 Å². The van der Waals surface area contributed by atoms with Crippen molar-refractivity contribution in [1.29, 1.82) is 0 Å². The van der Waals surface area contributed by atoms with Crippen molar-refractivity contribution in [3.8, 4) is 0 Å². The van der Waals surface area contributed by atoms with Gasteiger partial charge in [0.25, 0.3) is 10.2 Å². The lowest BCUT2D eigenvalue weighted by Gasteiger charge is -2.34. The van der Waals surface area contributed by atoms with Crippen LogP contribution in [0.4, 0.5) is 0 Å². The van der Waals surface area contributed by atoms with Crippen LogP contribution < -0.4 is 0 Å². The van der Waals surface area contributed by atoms with E-state index in [1.165, 1.54) is 4.31 Å². The predicted molar refractivity (Wildman–Crippen MR) is 58.7 cm³/mol. The number of ether oxygens (including phenoxy) is 1. The molecule has 7 nitrogen and oxygen atoms in total. The van der Waals surface area contributed by atoms with Crippen LogP contribution in [0, 0.1) is 0 Å². The van der Waals surface area contributed by atoms with Crippen molar-refractivity contribution in [1.82, 2.24) is 8.61 Å². The average Bonchev–Trinajstić information content (AvgIpc) is 2.83. The second-order valence-corrected chi connectivity index (χ2v) is 6.03. The van der Waals surface area contributed by atoms with E-state index in [0.29, 0.717) is 13.1 Å². The van der Waals surface area contributed by atoms with E-state index < -0.39 is 22.2 Å². The van der Waals surface area contributed by atoms with Gasteiger partial charge in [-0.1, -0.05) is 0 Å². The molecule has 0 spiro atoms. The lowest BCUT2D eigenvalue weighted by molar-refractivity contribution is -0.146. The molecule has 1 unspecified atom stereocenters. The third kappa shape index (κ3) is 2.44. The van der Waals surface area contributed by atoms with E-state index >= 15 is 0 Å². The van der Waals surface area contributed by atoms with E-state index in [0.717, 1.165) is 17.1 Å². The van der Waals surface area contributed by atoms with Crippen LogP contribution in [0.25, 0.3) is 0 Å². The topological polar surface area (TPSA) is 87.1 Å². The van der Waals surface area contributed by atoms with Gasteiger partial charge in [-0.15, -0.1) is 0 Å². The molecule has 98 valence electrons. The van der Waals surface area contributed by atoms with E-state index in [1.54, 1.807) is 0 Å². The van der Waals surface area contributed by atoms with Crippen LogP contribution in [0.15, 0.2) is 0 Å². The second kappa shape index (κ2) is 4.89. The molecule has 0 amide bonds. The lowest BCUT2D eigenvalue weighted by Crippen LogP contribution is -2.56. The molecule has 0 bridgehead atoms. The summed E-state index contributed by atoms with van der Waals surface area (Å²) in [6.07, 6.45) is 1.67. The van der Waals surface area contributed by atoms with Gasteiger partial charge in [-0.25, -0.2) is 0 Å². The van der Waals surface area contributed by atoms with Crippen molar-refractivity contribution >= 4 is 16.2 Å². The molecule has 0 aliphatic carbocycles. The quantitative estimate of drug-likeness (QED) is 0.714. The minimum Gasteiger partial charge on any atom is -0.480 e. The van der Waals surface area contributed by atoms with Gasteiger partial charge in [-0.3, -0.25) is 4.79 Å². The summed E-state index contributed by atoms with van der Waals surface area (Å²) >= 11 is 0. The fourth-order valence-corrected chi connectivity index (χ4v) is 3.92. The molecule has 0 aromatic carbocycles. The van der Waals surface area contributed by atoms with Gasteiger partial charge in [0.1, 0.15) is 6.04 Å². The van der Waals surface area contributed by atoms with Gasteiger partial charge in [0.05, 0.1) is 13.2 Å². The highest BCUT2D eigenvalue weighted by Gasteiger charge is 2.41. The number of rotatable bonds is 3. The lowest BCUT2D eigenvalue weighted by atomic mass is 10.3. The minimum absolute atomic E-state index is 0.0809. The van der Waals surface area contributed by atoms with Gasteiger partial charge in [0.2, 0.25) is 0 Å². The Morgan fingerprint density at radius 2 is 1.88 bits per heavy atom. The largest absolute Gasteiger partial charge is 0.480 e. The Kier molecular flexibility index (Phi) is 3.67. The summed E-state index contributed by atoms with van der Waals surface area (Å²) in [6.45, 7) is 1.23. The zero-order valence-electron chi connectivity index (χ0n) is 9.41. The van der Waals surface area contributed by atoms with Crippen LogP contribution in [-0.4, -0.2) is 67.0 Å². The van der Waals surface area contributed by atoms with Crippen molar-refractivity contribution in [2.45, 2.75) is 18.9 Å². The number of carboxylic acids is 1. The fraction of sp³-hybridized carbons (Fsp3) is 0.889. The maximum Gasteiger partial charge on any atom is 0.324 e. The molecule has 2 fully saturated rings. The van der Waals surface area contributed by atoms with Crippen molar-refractivity contribution in [3.05, 3.63) is 0 Å². The number of hydrogen-bond acceptors (Lipinski definition) is 4. The second-order valence-electron chi connectivity index (χ2n) is 4.15. The zero-order valence-corrected chi connectivity index (χ0v) is 10.2. The predicted octanol–water partition coefficient (Wildman–Crippen LogP) is -0.888. The maximum absolute atomic E-state index is 12.2. The highest BCUT2D eigenvalue weighted by molar-refractivity contribution is 7.86. The van der Waals surface area contributed by atoms with Crippen LogP contribution in [0.2, 0.25) is 0 Å². The van der Waals surface area contributed by atoms with Crippen molar-refractivity contribution < 1.29 is 23.1 Å². The molecular formula is C9H16N2O5S. The molecule has 1 atom stereocenters. The van der Waals surface area contributed by atoms with Crippen molar-refractivity contribution in [3.63, 3.8) is 0 Å². The first-order chi connectivity index (χ1) is 8.03. The van der Waals surface area contributed by atoms with Crippen LogP contribution in [0.5, 0.6) is 0 Å². The Labute approximate surface area is 100 Å².